The SMILES string of the molecule is O=C=CCOCOc1ccc(CN2C(=O)CSC2=O)cc1. The minimum Gasteiger partial charge on any atom is -0.468 e. The van der Waals surface area contributed by atoms with E-state index in [1.54, 1.807) is 30.2 Å². The summed E-state index contributed by atoms with van der Waals surface area (Å²) >= 11 is 1.02. The second kappa shape index (κ2) is 7.64. The molecule has 0 radical (unpaired) electrons. The van der Waals surface area contributed by atoms with E-state index in [2.05, 4.69) is 0 Å². The lowest BCUT2D eigenvalue weighted by molar-refractivity contribution is -0.125. The van der Waals surface area contributed by atoms with Crippen LogP contribution in [-0.4, -0.2) is 41.1 Å². The van der Waals surface area contributed by atoms with Gasteiger partial charge in [0.2, 0.25) is 5.91 Å². The van der Waals surface area contributed by atoms with E-state index < -0.39 is 0 Å². The number of hydrogen-bond acceptors (Lipinski definition) is 6. The van der Waals surface area contributed by atoms with E-state index in [-0.39, 0.29) is 36.8 Å². The fourth-order valence-corrected chi connectivity index (χ4v) is 2.38. The van der Waals surface area contributed by atoms with E-state index in [1.165, 1.54) is 11.0 Å². The first-order valence-corrected chi connectivity index (χ1v) is 7.15. The summed E-state index contributed by atoms with van der Waals surface area (Å²) in [5.74, 6) is 2.25. The number of amides is 2. The van der Waals surface area contributed by atoms with E-state index in [1.807, 2.05) is 0 Å². The van der Waals surface area contributed by atoms with Crippen LogP contribution in [-0.2, 0) is 20.9 Å². The van der Waals surface area contributed by atoms with Gasteiger partial charge in [0.15, 0.2) is 6.79 Å². The summed E-state index contributed by atoms with van der Waals surface area (Å²) in [6, 6.07) is 7.02. The van der Waals surface area contributed by atoms with Crippen LogP contribution in [0.2, 0.25) is 0 Å². The Labute approximate surface area is 125 Å². The van der Waals surface area contributed by atoms with Gasteiger partial charge in [-0.25, -0.2) is 4.79 Å². The lowest BCUT2D eigenvalue weighted by Gasteiger charge is -2.13. The summed E-state index contributed by atoms with van der Waals surface area (Å²) in [6.45, 7) is 0.446. The van der Waals surface area contributed by atoms with Gasteiger partial charge < -0.3 is 9.47 Å². The molecule has 1 aliphatic heterocycles. The minimum absolute atomic E-state index is 0.0251. The molecule has 1 aliphatic rings. The number of ether oxygens (including phenoxy) is 2. The van der Waals surface area contributed by atoms with Crippen molar-refractivity contribution in [3.05, 3.63) is 35.9 Å². The van der Waals surface area contributed by atoms with E-state index >= 15 is 0 Å². The summed E-state index contributed by atoms with van der Waals surface area (Å²) in [5.41, 5.74) is 0.844. The van der Waals surface area contributed by atoms with Crippen LogP contribution in [0.1, 0.15) is 5.56 Å². The number of rotatable bonds is 7. The van der Waals surface area contributed by atoms with E-state index in [0.717, 1.165) is 17.3 Å². The number of carbonyl (C=O) groups is 2. The average molecular weight is 307 g/mol. The Bertz CT molecular complexity index is 549. The molecule has 0 aromatic heterocycles. The molecule has 1 saturated heterocycles. The minimum atomic E-state index is -0.211. The summed E-state index contributed by atoms with van der Waals surface area (Å²) in [5, 5.41) is -0.211. The van der Waals surface area contributed by atoms with Crippen LogP contribution < -0.4 is 4.74 Å². The molecule has 0 saturated carbocycles. The molecule has 0 unspecified atom stereocenters. The van der Waals surface area contributed by atoms with Crippen LogP contribution in [0.5, 0.6) is 5.75 Å². The lowest BCUT2D eigenvalue weighted by Crippen LogP contribution is -2.27. The monoisotopic (exact) mass is 307 g/mol. The van der Waals surface area contributed by atoms with Crippen molar-refractivity contribution >= 4 is 28.8 Å². The molecule has 1 aromatic carbocycles. The van der Waals surface area contributed by atoms with E-state index in [0.29, 0.717) is 5.75 Å². The quantitative estimate of drug-likeness (QED) is 0.433. The molecule has 2 rings (SSSR count). The van der Waals surface area contributed by atoms with Crippen molar-refractivity contribution in [1.82, 2.24) is 4.90 Å². The van der Waals surface area contributed by atoms with Crippen LogP contribution in [0.4, 0.5) is 4.79 Å². The van der Waals surface area contributed by atoms with E-state index in [9.17, 15) is 14.4 Å². The van der Waals surface area contributed by atoms with Gasteiger partial charge in [0.25, 0.3) is 5.24 Å². The molecule has 110 valence electrons. The largest absolute Gasteiger partial charge is 0.468 e. The van der Waals surface area contributed by atoms with Crippen LogP contribution in [0, 0.1) is 0 Å². The van der Waals surface area contributed by atoms with Gasteiger partial charge in [0, 0.05) is 6.08 Å². The highest BCUT2D eigenvalue weighted by Crippen LogP contribution is 2.22. The van der Waals surface area contributed by atoms with Gasteiger partial charge in [-0.3, -0.25) is 14.5 Å². The Balaban J connectivity index is 1.83. The highest BCUT2D eigenvalue weighted by atomic mass is 32.2. The summed E-state index contributed by atoms with van der Waals surface area (Å²) in [6.07, 6.45) is 1.22. The molecular weight excluding hydrogens is 294 g/mol. The van der Waals surface area contributed by atoms with Gasteiger partial charge in [-0.2, -0.15) is 0 Å². The number of thioether (sulfide) groups is 1. The van der Waals surface area contributed by atoms with Gasteiger partial charge >= 0.3 is 0 Å². The Morgan fingerprint density at radius 3 is 2.67 bits per heavy atom. The van der Waals surface area contributed by atoms with Crippen molar-refractivity contribution in [3.8, 4) is 5.75 Å². The van der Waals surface area contributed by atoms with Gasteiger partial charge in [-0.05, 0) is 17.7 Å². The zero-order chi connectivity index (χ0) is 15.1. The van der Waals surface area contributed by atoms with Gasteiger partial charge in [0.05, 0.1) is 18.9 Å². The molecular formula is C14H13NO5S. The fraction of sp³-hybridized carbons (Fsp3) is 0.286. The normalized spacial score (nSPS) is 14.2. The molecule has 7 heteroatoms. The van der Waals surface area contributed by atoms with Crippen molar-refractivity contribution in [2.75, 3.05) is 19.2 Å². The summed E-state index contributed by atoms with van der Waals surface area (Å²) < 4.78 is 10.3. The number of benzene rings is 1. The number of carbonyl (C=O) groups excluding carboxylic acids is 3. The average Bonchev–Trinajstić information content (AvgIpc) is 2.80. The summed E-state index contributed by atoms with van der Waals surface area (Å²) in [4.78, 5) is 34.1. The number of hydrogen-bond donors (Lipinski definition) is 0. The smallest absolute Gasteiger partial charge is 0.289 e. The van der Waals surface area contributed by atoms with Gasteiger partial charge in [-0.15, -0.1) is 0 Å². The second-order valence-electron chi connectivity index (χ2n) is 4.13. The van der Waals surface area contributed by atoms with Crippen LogP contribution in [0.3, 0.4) is 0 Å². The van der Waals surface area contributed by atoms with Crippen molar-refractivity contribution < 1.29 is 23.9 Å². The molecule has 1 aromatic rings. The first-order valence-electron chi connectivity index (χ1n) is 6.16. The lowest BCUT2D eigenvalue weighted by atomic mass is 10.2. The van der Waals surface area contributed by atoms with Crippen molar-refractivity contribution in [3.63, 3.8) is 0 Å². The topological polar surface area (TPSA) is 72.9 Å². The molecule has 1 fully saturated rings. The maximum atomic E-state index is 11.5. The maximum Gasteiger partial charge on any atom is 0.289 e. The molecule has 2 amide bonds. The Morgan fingerprint density at radius 2 is 2.05 bits per heavy atom. The highest BCUT2D eigenvalue weighted by Gasteiger charge is 2.29. The van der Waals surface area contributed by atoms with Crippen LogP contribution >= 0.6 is 11.8 Å². The first kappa shape index (κ1) is 15.3. The summed E-state index contributed by atoms with van der Waals surface area (Å²) in [7, 11) is 0. The zero-order valence-corrected chi connectivity index (χ0v) is 11.9. The number of nitrogens with zero attached hydrogens (tertiary/aromatic N) is 1. The molecule has 0 atom stereocenters. The predicted molar refractivity (Wildman–Crippen MR) is 76.6 cm³/mol. The van der Waals surface area contributed by atoms with Crippen molar-refractivity contribution in [1.29, 1.82) is 0 Å². The molecule has 6 nitrogen and oxygen atoms in total. The third-order valence-corrected chi connectivity index (χ3v) is 3.56. The Kier molecular flexibility index (Phi) is 5.57. The van der Waals surface area contributed by atoms with Crippen LogP contribution in [0.15, 0.2) is 30.3 Å². The molecule has 0 bridgehead atoms. The highest BCUT2D eigenvalue weighted by molar-refractivity contribution is 8.14. The molecule has 0 spiro atoms. The third-order valence-electron chi connectivity index (χ3n) is 2.70. The van der Waals surface area contributed by atoms with Crippen molar-refractivity contribution in [2.45, 2.75) is 6.54 Å². The maximum absolute atomic E-state index is 11.5. The third kappa shape index (κ3) is 4.46. The van der Waals surface area contributed by atoms with Gasteiger partial charge in [-0.1, -0.05) is 23.9 Å². The number of imide groups is 1. The standard InChI is InChI=1S/C14H13NO5S/c16-6-1-7-19-10-20-12-4-2-11(3-5-12)8-15-13(17)9-21-14(15)18/h1-5H,7-10H2. The molecule has 21 heavy (non-hydrogen) atoms. The molecule has 0 N–H and O–H groups in total. The van der Waals surface area contributed by atoms with Gasteiger partial charge in [0.1, 0.15) is 11.7 Å². The van der Waals surface area contributed by atoms with E-state index in [4.69, 9.17) is 9.47 Å². The molecule has 0 aliphatic carbocycles. The second-order valence-corrected chi connectivity index (χ2v) is 5.06. The first-order chi connectivity index (χ1) is 10.2. The Morgan fingerprint density at radius 1 is 1.29 bits per heavy atom. The van der Waals surface area contributed by atoms with Crippen molar-refractivity contribution in [2.24, 2.45) is 0 Å². The predicted octanol–water partition coefficient (Wildman–Crippen LogP) is 1.62. The molecule has 1 heterocycles. The van der Waals surface area contributed by atoms with Crippen LogP contribution in [0.25, 0.3) is 0 Å². The zero-order valence-electron chi connectivity index (χ0n) is 11.1. The fourth-order valence-electron chi connectivity index (χ4n) is 1.66. The Hall–Kier alpha value is -2.08.